The Bertz CT molecular complexity index is 1440. The van der Waals surface area contributed by atoms with Gasteiger partial charge in [0.15, 0.2) is 0 Å². The fourth-order valence-electron chi connectivity index (χ4n) is 3.48. The van der Waals surface area contributed by atoms with E-state index >= 15 is 0 Å². The number of halogens is 1. The molecule has 0 aliphatic rings. The highest BCUT2D eigenvalue weighted by Gasteiger charge is 2.18. The number of aromatic nitrogens is 3. The minimum absolute atomic E-state index is 0.00822. The molecule has 1 unspecified atom stereocenters. The Kier molecular flexibility index (Phi) is 7.80. The minimum Gasteiger partial charge on any atom is -0.481 e. The zero-order valence-corrected chi connectivity index (χ0v) is 19.9. The van der Waals surface area contributed by atoms with Gasteiger partial charge in [-0.15, -0.1) is 12.3 Å². The maximum atomic E-state index is 12.7. The van der Waals surface area contributed by atoms with Crippen molar-refractivity contribution in [1.82, 2.24) is 19.4 Å². The lowest BCUT2D eigenvalue weighted by Crippen LogP contribution is -2.25. The zero-order chi connectivity index (χ0) is 25.7. The molecule has 0 spiro atoms. The maximum absolute atomic E-state index is 12.7. The predicted molar refractivity (Wildman–Crippen MR) is 132 cm³/mol. The van der Waals surface area contributed by atoms with Crippen LogP contribution in [0.15, 0.2) is 29.1 Å². The Balaban J connectivity index is 1.98. The van der Waals surface area contributed by atoms with Gasteiger partial charge in [0.05, 0.1) is 22.6 Å². The van der Waals surface area contributed by atoms with E-state index in [1.54, 1.807) is 32.2 Å². The Morgan fingerprint density at radius 3 is 2.71 bits per heavy atom. The van der Waals surface area contributed by atoms with Crippen molar-refractivity contribution in [1.29, 1.82) is 5.26 Å². The average Bonchev–Trinajstić information content (AvgIpc) is 3.06. The van der Waals surface area contributed by atoms with Crippen LogP contribution in [-0.4, -0.2) is 37.6 Å². The number of carboxylic acids is 1. The molecule has 2 aromatic heterocycles. The molecule has 11 heteroatoms. The van der Waals surface area contributed by atoms with Crippen LogP contribution in [0.2, 0.25) is 5.15 Å². The summed E-state index contributed by atoms with van der Waals surface area (Å²) in [7, 11) is 1.64. The number of hydrogen-bond acceptors (Lipinski definition) is 6. The van der Waals surface area contributed by atoms with Crippen molar-refractivity contribution in [2.75, 3.05) is 11.9 Å². The molecule has 0 radical (unpaired) electrons. The van der Waals surface area contributed by atoms with E-state index in [0.29, 0.717) is 23.1 Å². The normalized spacial score (nSPS) is 11.5. The summed E-state index contributed by atoms with van der Waals surface area (Å²) in [5, 5.41) is 24.3. The number of aliphatic carboxylic acids is 1. The molecule has 3 aromatic rings. The standard InChI is InChI=1S/C24H23ClN6O4/c1-4-5-9-27-22(32)18-12-17(16(13-26)21(25)29-18)28-15-6-7-19-20(11-15)31(24(35)30(19)3)10-8-14(2)23(33)34/h1,6-7,11-12,14H,5,8-10H2,2-3H3,(H,27,32)(H,28,29)(H,33,34). The summed E-state index contributed by atoms with van der Waals surface area (Å²) in [6.07, 6.45) is 5.83. The predicted octanol–water partition coefficient (Wildman–Crippen LogP) is 2.87. The SMILES string of the molecule is C#CCCNC(=O)c1cc(Nc2ccc3c(c2)n(CCC(C)C(=O)O)c(=O)n3C)c(C#N)c(Cl)n1. The second kappa shape index (κ2) is 10.8. The molecule has 3 N–H and O–H groups in total. The molecular formula is C24H23ClN6O4. The molecule has 1 aromatic carbocycles. The first-order chi connectivity index (χ1) is 16.7. The Morgan fingerprint density at radius 1 is 1.31 bits per heavy atom. The number of carbonyl (C=O) groups excluding carboxylic acids is 1. The van der Waals surface area contributed by atoms with E-state index in [4.69, 9.17) is 23.1 Å². The number of fused-ring (bicyclic) bond motifs is 1. The number of hydrogen-bond donors (Lipinski definition) is 3. The van der Waals surface area contributed by atoms with Crippen molar-refractivity contribution >= 4 is 45.9 Å². The van der Waals surface area contributed by atoms with E-state index < -0.39 is 17.8 Å². The molecule has 0 aliphatic heterocycles. The van der Waals surface area contributed by atoms with Crippen molar-refractivity contribution in [2.24, 2.45) is 13.0 Å². The molecular weight excluding hydrogens is 472 g/mol. The number of nitriles is 1. The van der Waals surface area contributed by atoms with Crippen LogP contribution in [0.1, 0.15) is 35.8 Å². The third-order valence-electron chi connectivity index (χ3n) is 5.51. The topological polar surface area (TPSA) is 142 Å². The number of terminal acetylenes is 1. The molecule has 0 saturated carbocycles. The van der Waals surface area contributed by atoms with Crippen LogP contribution in [0.5, 0.6) is 0 Å². The van der Waals surface area contributed by atoms with Crippen molar-refractivity contribution < 1.29 is 14.7 Å². The summed E-state index contributed by atoms with van der Waals surface area (Å²) in [5.74, 6) is 0.388. The summed E-state index contributed by atoms with van der Waals surface area (Å²) in [5.41, 5.74) is 1.82. The van der Waals surface area contributed by atoms with Crippen LogP contribution < -0.4 is 16.3 Å². The molecule has 0 aliphatic carbocycles. The minimum atomic E-state index is -0.932. The number of rotatable bonds is 9. The maximum Gasteiger partial charge on any atom is 0.328 e. The molecule has 180 valence electrons. The molecule has 1 atom stereocenters. The molecule has 0 fully saturated rings. The van der Waals surface area contributed by atoms with Crippen LogP contribution in [0, 0.1) is 29.6 Å². The number of nitrogens with one attached hydrogen (secondary N) is 2. The lowest BCUT2D eigenvalue weighted by atomic mass is 10.1. The largest absolute Gasteiger partial charge is 0.481 e. The first-order valence-electron chi connectivity index (χ1n) is 10.7. The zero-order valence-electron chi connectivity index (χ0n) is 19.1. The van der Waals surface area contributed by atoms with Crippen molar-refractivity contribution in [2.45, 2.75) is 26.3 Å². The van der Waals surface area contributed by atoms with E-state index in [1.165, 1.54) is 15.2 Å². The smallest absolute Gasteiger partial charge is 0.328 e. The highest BCUT2D eigenvalue weighted by Crippen LogP contribution is 2.28. The summed E-state index contributed by atoms with van der Waals surface area (Å²) in [6.45, 7) is 2.07. The Labute approximate surface area is 206 Å². The van der Waals surface area contributed by atoms with Crippen molar-refractivity contribution in [3.63, 3.8) is 0 Å². The van der Waals surface area contributed by atoms with E-state index in [1.807, 2.05) is 6.07 Å². The number of aryl methyl sites for hydroxylation is 2. The van der Waals surface area contributed by atoms with Crippen molar-refractivity contribution in [3.8, 4) is 18.4 Å². The molecule has 3 rings (SSSR count). The Hall–Kier alpha value is -4.28. The van der Waals surface area contributed by atoms with Gasteiger partial charge in [0.25, 0.3) is 5.91 Å². The van der Waals surface area contributed by atoms with Gasteiger partial charge in [0.1, 0.15) is 22.5 Å². The fraction of sp³-hybridized carbons (Fsp3) is 0.292. The van der Waals surface area contributed by atoms with E-state index in [2.05, 4.69) is 21.5 Å². The highest BCUT2D eigenvalue weighted by molar-refractivity contribution is 6.31. The summed E-state index contributed by atoms with van der Waals surface area (Å²) < 4.78 is 2.99. The number of benzene rings is 1. The molecule has 2 heterocycles. The Morgan fingerprint density at radius 2 is 2.06 bits per heavy atom. The first kappa shape index (κ1) is 25.3. The third-order valence-corrected chi connectivity index (χ3v) is 5.78. The van der Waals surface area contributed by atoms with Crippen LogP contribution in [-0.2, 0) is 18.4 Å². The van der Waals surface area contributed by atoms with E-state index in [9.17, 15) is 19.6 Å². The van der Waals surface area contributed by atoms with Gasteiger partial charge in [-0.3, -0.25) is 18.7 Å². The number of nitrogens with zero attached hydrogens (tertiary/aromatic N) is 4. The molecule has 0 saturated heterocycles. The van der Waals surface area contributed by atoms with Crippen molar-refractivity contribution in [3.05, 3.63) is 51.2 Å². The lowest BCUT2D eigenvalue weighted by molar-refractivity contribution is -0.141. The number of amides is 1. The third kappa shape index (κ3) is 5.45. The number of pyridine rings is 1. The van der Waals surface area contributed by atoms with Gasteiger partial charge >= 0.3 is 11.7 Å². The highest BCUT2D eigenvalue weighted by atomic mass is 35.5. The summed E-state index contributed by atoms with van der Waals surface area (Å²) in [4.78, 5) is 40.3. The first-order valence-corrected chi connectivity index (χ1v) is 11.1. The number of carbonyl (C=O) groups is 2. The van der Waals surface area contributed by atoms with Crippen LogP contribution in [0.25, 0.3) is 11.0 Å². The van der Waals surface area contributed by atoms with E-state index in [0.717, 1.165) is 0 Å². The number of anilines is 2. The lowest BCUT2D eigenvalue weighted by Gasteiger charge is -2.12. The number of carboxylic acid groups (broad SMARTS) is 1. The van der Waals surface area contributed by atoms with Gasteiger partial charge in [-0.05, 0) is 30.7 Å². The van der Waals surface area contributed by atoms with E-state index in [-0.39, 0.29) is 47.3 Å². The second-order valence-corrected chi connectivity index (χ2v) is 8.25. The fourth-order valence-corrected chi connectivity index (χ4v) is 3.72. The summed E-state index contributed by atoms with van der Waals surface area (Å²) >= 11 is 6.16. The van der Waals surface area contributed by atoms with Crippen LogP contribution >= 0.6 is 11.6 Å². The van der Waals surface area contributed by atoms with Crippen LogP contribution in [0.3, 0.4) is 0 Å². The van der Waals surface area contributed by atoms with Gasteiger partial charge in [-0.1, -0.05) is 18.5 Å². The monoisotopic (exact) mass is 494 g/mol. The van der Waals surface area contributed by atoms with Gasteiger partial charge in [-0.2, -0.15) is 5.26 Å². The van der Waals surface area contributed by atoms with Crippen LogP contribution in [0.4, 0.5) is 11.4 Å². The quantitative estimate of drug-likeness (QED) is 0.236. The molecule has 10 nitrogen and oxygen atoms in total. The average molecular weight is 495 g/mol. The molecule has 1 amide bonds. The second-order valence-electron chi connectivity index (χ2n) is 7.89. The molecule has 35 heavy (non-hydrogen) atoms. The van der Waals surface area contributed by atoms with Gasteiger partial charge < -0.3 is 15.7 Å². The van der Waals surface area contributed by atoms with Gasteiger partial charge in [0.2, 0.25) is 0 Å². The van der Waals surface area contributed by atoms with Gasteiger partial charge in [-0.25, -0.2) is 9.78 Å². The summed E-state index contributed by atoms with van der Waals surface area (Å²) in [6, 6.07) is 8.55. The number of imidazole rings is 1. The molecule has 0 bridgehead atoms. The van der Waals surface area contributed by atoms with Gasteiger partial charge in [0, 0.05) is 32.2 Å².